The van der Waals surface area contributed by atoms with Crippen LogP contribution >= 0.6 is 11.6 Å². The molecule has 2 aromatic rings. The van der Waals surface area contributed by atoms with Gasteiger partial charge in [0.2, 0.25) is 5.78 Å². The van der Waals surface area contributed by atoms with Gasteiger partial charge in [-0.3, -0.25) is 19.3 Å². The van der Waals surface area contributed by atoms with E-state index in [0.29, 0.717) is 17.1 Å². The van der Waals surface area contributed by atoms with Crippen molar-refractivity contribution in [3.05, 3.63) is 70.0 Å². The molecular weight excluding hydrogens is 596 g/mol. The molecule has 9 N–H and O–H groups in total. The highest BCUT2D eigenvalue weighted by molar-refractivity contribution is 6.24. The molecule has 2 aromatic carbocycles. The first-order valence-corrected chi connectivity index (χ1v) is 14.1. The van der Waals surface area contributed by atoms with E-state index in [0.717, 1.165) is 5.56 Å². The van der Waals surface area contributed by atoms with Gasteiger partial charge < -0.3 is 41.9 Å². The number of benzene rings is 2. The van der Waals surface area contributed by atoms with E-state index < -0.39 is 87.4 Å². The summed E-state index contributed by atoms with van der Waals surface area (Å²) in [5, 5.41) is 62.2. The maximum absolute atomic E-state index is 14.1. The highest BCUT2D eigenvalue weighted by Crippen LogP contribution is 2.56. The van der Waals surface area contributed by atoms with Crippen molar-refractivity contribution in [1.29, 1.82) is 0 Å². The SMILES string of the molecule is C[C@H]1c2ccc(NC(=O)Nc3ccc(CCl)cc3)c(O)c2C(O)=C2C(=O)[C@]3(O)C(O)=C(C(N)=O)C(=O)[C@@H](N(C)C)C3C(O)C21. The standard InChI is InChI=1S/C30H31ClN4O9/c1-11-14-8-9-15(34-29(43)33-13-6-4-12(10-31)5-7-13)22(36)17(14)23(37)18-16(11)24(38)20-21(35(2)3)25(39)19(28(32)42)27(41)30(20,44)26(18)40/h4-9,11,16,20-21,24,36-38,41,44H,10H2,1-3H3,(H2,32,42)(H2,33,34,43)/t11-,16?,20?,21-,24?,30-/m0/s1. The fourth-order valence-corrected chi connectivity index (χ4v) is 6.86. The molecule has 1 saturated carbocycles. The van der Waals surface area contributed by atoms with Gasteiger partial charge in [-0.05, 0) is 49.3 Å². The lowest BCUT2D eigenvalue weighted by Gasteiger charge is -2.53. The molecule has 232 valence electrons. The van der Waals surface area contributed by atoms with Crippen LogP contribution in [0.15, 0.2) is 53.3 Å². The van der Waals surface area contributed by atoms with Crippen LogP contribution in [0.4, 0.5) is 16.2 Å². The average Bonchev–Trinajstić information content (AvgIpc) is 2.96. The van der Waals surface area contributed by atoms with Gasteiger partial charge in [-0.25, -0.2) is 4.79 Å². The summed E-state index contributed by atoms with van der Waals surface area (Å²) in [6.07, 6.45) is -1.71. The van der Waals surface area contributed by atoms with Crippen LogP contribution in [0.3, 0.4) is 0 Å². The van der Waals surface area contributed by atoms with Crippen LogP contribution in [0, 0.1) is 11.8 Å². The van der Waals surface area contributed by atoms with E-state index in [2.05, 4.69) is 10.6 Å². The quantitative estimate of drug-likeness (QED) is 0.137. The van der Waals surface area contributed by atoms with E-state index in [9.17, 15) is 44.7 Å². The highest BCUT2D eigenvalue weighted by Gasteiger charge is 2.68. The summed E-state index contributed by atoms with van der Waals surface area (Å²) in [7, 11) is 2.86. The molecule has 3 aliphatic carbocycles. The van der Waals surface area contributed by atoms with Crippen molar-refractivity contribution in [2.75, 3.05) is 24.7 Å². The predicted molar refractivity (Wildman–Crippen MR) is 159 cm³/mol. The molecule has 44 heavy (non-hydrogen) atoms. The number of urea groups is 1. The van der Waals surface area contributed by atoms with Gasteiger partial charge in [-0.1, -0.05) is 25.1 Å². The maximum Gasteiger partial charge on any atom is 0.323 e. The molecule has 5 rings (SSSR count). The van der Waals surface area contributed by atoms with Gasteiger partial charge in [0, 0.05) is 23.1 Å². The van der Waals surface area contributed by atoms with Crippen LogP contribution in [0.1, 0.15) is 29.5 Å². The van der Waals surface area contributed by atoms with Crippen molar-refractivity contribution in [2.24, 2.45) is 17.6 Å². The van der Waals surface area contributed by atoms with Crippen molar-refractivity contribution in [1.82, 2.24) is 4.90 Å². The van der Waals surface area contributed by atoms with Gasteiger partial charge in [0.25, 0.3) is 5.91 Å². The molecule has 3 aliphatic rings. The summed E-state index contributed by atoms with van der Waals surface area (Å²) in [5.74, 6) is -9.74. The summed E-state index contributed by atoms with van der Waals surface area (Å²) >= 11 is 5.79. The Labute approximate surface area is 256 Å². The second-order valence-electron chi connectivity index (χ2n) is 11.4. The number of ketones is 2. The number of nitrogens with zero attached hydrogens (tertiary/aromatic N) is 1. The molecule has 3 amide bonds. The first-order valence-electron chi connectivity index (χ1n) is 13.6. The van der Waals surface area contributed by atoms with Crippen LogP contribution in [-0.4, -0.2) is 85.8 Å². The summed E-state index contributed by atoms with van der Waals surface area (Å²) in [6.45, 7) is 1.61. The van der Waals surface area contributed by atoms with Gasteiger partial charge in [0.05, 0.1) is 29.3 Å². The third-order valence-electron chi connectivity index (χ3n) is 8.74. The number of carbonyl (C=O) groups is 4. The normalized spacial score (nSPS) is 27.9. The monoisotopic (exact) mass is 626 g/mol. The molecule has 0 aromatic heterocycles. The molecule has 3 unspecified atom stereocenters. The Morgan fingerprint density at radius 1 is 1.05 bits per heavy atom. The Morgan fingerprint density at radius 2 is 1.68 bits per heavy atom. The fraction of sp³-hybridized carbons (Fsp3) is 0.333. The molecule has 0 radical (unpaired) electrons. The number of carbonyl (C=O) groups excluding carboxylic acids is 4. The molecule has 14 heteroatoms. The lowest BCUT2D eigenvalue weighted by Crippen LogP contribution is -2.70. The number of fused-ring (bicyclic) bond motifs is 3. The van der Waals surface area contributed by atoms with E-state index in [1.807, 2.05) is 0 Å². The van der Waals surface area contributed by atoms with Gasteiger partial charge in [0.1, 0.15) is 22.8 Å². The number of hydrogen-bond acceptors (Lipinski definition) is 10. The Hall–Kier alpha value is -4.43. The van der Waals surface area contributed by atoms with E-state index >= 15 is 0 Å². The smallest absolute Gasteiger partial charge is 0.323 e. The number of aromatic hydroxyl groups is 1. The lowest BCUT2D eigenvalue weighted by molar-refractivity contribution is -0.169. The second kappa shape index (κ2) is 10.9. The highest BCUT2D eigenvalue weighted by atomic mass is 35.5. The number of nitrogens with one attached hydrogen (secondary N) is 2. The van der Waals surface area contributed by atoms with Gasteiger partial charge >= 0.3 is 6.03 Å². The first-order chi connectivity index (χ1) is 20.7. The average molecular weight is 627 g/mol. The number of rotatable bonds is 5. The van der Waals surface area contributed by atoms with Crippen molar-refractivity contribution < 1.29 is 44.7 Å². The van der Waals surface area contributed by atoms with Crippen LogP contribution in [0.5, 0.6) is 5.75 Å². The van der Waals surface area contributed by atoms with Gasteiger partial charge in [-0.2, -0.15) is 0 Å². The number of phenols is 1. The van der Waals surface area contributed by atoms with Gasteiger partial charge in [-0.15, -0.1) is 11.6 Å². The van der Waals surface area contributed by atoms with E-state index in [4.69, 9.17) is 17.3 Å². The summed E-state index contributed by atoms with van der Waals surface area (Å²) in [4.78, 5) is 53.5. The Balaban J connectivity index is 1.60. The summed E-state index contributed by atoms with van der Waals surface area (Å²) in [6, 6.07) is 7.40. The van der Waals surface area contributed by atoms with E-state index in [-0.39, 0.29) is 11.3 Å². The third-order valence-corrected chi connectivity index (χ3v) is 9.05. The number of aliphatic hydroxyl groups excluding tert-OH is 3. The summed E-state index contributed by atoms with van der Waals surface area (Å²) in [5.41, 5.74) is 1.98. The zero-order chi connectivity index (χ0) is 32.4. The fourth-order valence-electron chi connectivity index (χ4n) is 6.68. The third kappa shape index (κ3) is 4.42. The zero-order valence-corrected chi connectivity index (χ0v) is 24.6. The number of primary amides is 1. The number of aliphatic hydroxyl groups is 4. The van der Waals surface area contributed by atoms with Crippen LogP contribution in [-0.2, 0) is 20.3 Å². The van der Waals surface area contributed by atoms with Crippen LogP contribution in [0.2, 0.25) is 0 Å². The zero-order valence-electron chi connectivity index (χ0n) is 23.8. The Morgan fingerprint density at radius 3 is 2.25 bits per heavy atom. The largest absolute Gasteiger partial charge is 0.508 e. The number of Topliss-reactive ketones (excluding diaryl/α,β-unsaturated/α-hetero) is 2. The molecule has 0 aliphatic heterocycles. The van der Waals surface area contributed by atoms with Crippen molar-refractivity contribution in [2.45, 2.75) is 36.5 Å². The number of anilines is 2. The number of phenolic OH excluding ortho intramolecular Hbond substituents is 1. The van der Waals surface area contributed by atoms with E-state index in [1.165, 1.54) is 31.1 Å². The van der Waals surface area contributed by atoms with Crippen molar-refractivity contribution in [3.8, 4) is 5.75 Å². The molecule has 0 spiro atoms. The molecule has 13 nitrogen and oxygen atoms in total. The Bertz CT molecular complexity index is 1670. The second-order valence-corrected chi connectivity index (χ2v) is 11.7. The number of hydrogen-bond donors (Lipinski definition) is 8. The molecular formula is C30H31ClN4O9. The number of likely N-dealkylation sites (N-methyl/N-ethyl adjacent to an activating group) is 1. The number of amides is 3. The number of halogens is 1. The van der Waals surface area contributed by atoms with E-state index in [1.54, 1.807) is 31.2 Å². The minimum atomic E-state index is -3.02. The van der Waals surface area contributed by atoms with Gasteiger partial charge in [0.15, 0.2) is 11.4 Å². The first kappa shape index (κ1) is 31.0. The van der Waals surface area contributed by atoms with Crippen molar-refractivity contribution >= 4 is 52.2 Å². The van der Waals surface area contributed by atoms with Crippen molar-refractivity contribution in [3.63, 3.8) is 0 Å². The predicted octanol–water partition coefficient (Wildman–Crippen LogP) is 1.88. The number of alkyl halides is 1. The van der Waals surface area contributed by atoms with Crippen LogP contribution < -0.4 is 16.4 Å². The summed E-state index contributed by atoms with van der Waals surface area (Å²) < 4.78 is 0. The molecule has 1 fully saturated rings. The maximum atomic E-state index is 14.1. The molecule has 0 heterocycles. The topological polar surface area (TPSA) is 223 Å². The minimum Gasteiger partial charge on any atom is -0.508 e. The van der Waals surface area contributed by atoms with Crippen LogP contribution in [0.25, 0.3) is 5.76 Å². The molecule has 0 bridgehead atoms. The minimum absolute atomic E-state index is 0.133. The molecule has 0 saturated heterocycles. The Kier molecular flexibility index (Phi) is 7.70. The number of nitrogens with two attached hydrogens (primary N) is 1. The lowest BCUT2D eigenvalue weighted by atomic mass is 9.54. The molecule has 6 atom stereocenters.